The average molecular weight is 261 g/mol. The van der Waals surface area contributed by atoms with Gasteiger partial charge in [-0.1, -0.05) is 44.7 Å². The molecule has 1 aromatic carbocycles. The molecule has 2 rings (SSSR count). The molecule has 0 unspecified atom stereocenters. The van der Waals surface area contributed by atoms with E-state index in [2.05, 4.69) is 11.9 Å². The number of fused-ring (bicyclic) bond motifs is 1. The third-order valence-corrected chi connectivity index (χ3v) is 4.12. The molecule has 0 saturated heterocycles. The molecule has 0 aliphatic heterocycles. The summed E-state index contributed by atoms with van der Waals surface area (Å²) < 4.78 is 1.10. The van der Waals surface area contributed by atoms with E-state index in [1.807, 2.05) is 24.3 Å². The maximum atomic E-state index is 12.0. The fourth-order valence-corrected chi connectivity index (χ4v) is 2.92. The Balaban J connectivity index is 1.88. The summed E-state index contributed by atoms with van der Waals surface area (Å²) in [5, 5.41) is 0.673. The van der Waals surface area contributed by atoms with Gasteiger partial charge >= 0.3 is 0 Å². The van der Waals surface area contributed by atoms with Gasteiger partial charge in [-0.05, 0) is 18.6 Å². The normalized spacial score (nSPS) is 10.9. The molecule has 0 saturated carbocycles. The maximum Gasteiger partial charge on any atom is 0.191 e. The standard InChI is InChI=1S/C15H19NOS/c1-2-3-4-5-6-10-13(17)15-16-12-9-7-8-11-14(12)18-15/h7-9,11H,2-6,10H2,1H3. The van der Waals surface area contributed by atoms with Gasteiger partial charge in [-0.3, -0.25) is 4.79 Å². The highest BCUT2D eigenvalue weighted by atomic mass is 32.1. The van der Waals surface area contributed by atoms with Gasteiger partial charge in [0.2, 0.25) is 0 Å². The lowest BCUT2D eigenvalue weighted by molar-refractivity contribution is 0.0979. The summed E-state index contributed by atoms with van der Waals surface area (Å²) in [5.74, 6) is 0.202. The molecule has 0 bridgehead atoms. The topological polar surface area (TPSA) is 30.0 Å². The molecule has 0 aliphatic carbocycles. The van der Waals surface area contributed by atoms with Crippen LogP contribution in [-0.4, -0.2) is 10.8 Å². The molecular weight excluding hydrogens is 242 g/mol. The van der Waals surface area contributed by atoms with Crippen molar-refractivity contribution in [1.29, 1.82) is 0 Å². The van der Waals surface area contributed by atoms with Crippen molar-refractivity contribution in [3.05, 3.63) is 29.3 Å². The summed E-state index contributed by atoms with van der Waals surface area (Å²) in [5.41, 5.74) is 0.942. The number of benzene rings is 1. The number of carbonyl (C=O) groups excluding carboxylic acids is 1. The van der Waals surface area contributed by atoms with Crippen molar-refractivity contribution in [2.24, 2.45) is 0 Å². The van der Waals surface area contributed by atoms with Crippen molar-refractivity contribution in [3.8, 4) is 0 Å². The molecule has 18 heavy (non-hydrogen) atoms. The number of unbranched alkanes of at least 4 members (excludes halogenated alkanes) is 4. The van der Waals surface area contributed by atoms with E-state index in [1.165, 1.54) is 30.6 Å². The fraction of sp³-hybridized carbons (Fsp3) is 0.467. The number of hydrogen-bond acceptors (Lipinski definition) is 3. The quantitative estimate of drug-likeness (QED) is 0.527. The zero-order chi connectivity index (χ0) is 12.8. The fourth-order valence-electron chi connectivity index (χ4n) is 1.99. The second-order valence-electron chi connectivity index (χ2n) is 4.57. The van der Waals surface area contributed by atoms with Crippen molar-refractivity contribution in [1.82, 2.24) is 4.98 Å². The highest BCUT2D eigenvalue weighted by Crippen LogP contribution is 2.23. The van der Waals surface area contributed by atoms with Crippen molar-refractivity contribution < 1.29 is 4.79 Å². The number of thiazole rings is 1. The number of rotatable bonds is 7. The number of hydrogen-bond donors (Lipinski definition) is 0. The van der Waals surface area contributed by atoms with Crippen molar-refractivity contribution >= 4 is 27.3 Å². The SMILES string of the molecule is CCCCCCCC(=O)c1nc2ccccc2s1. The van der Waals surface area contributed by atoms with E-state index in [0.29, 0.717) is 11.4 Å². The molecule has 0 N–H and O–H groups in total. The summed E-state index contributed by atoms with van der Waals surface area (Å²) in [6, 6.07) is 7.93. The first-order valence-corrected chi connectivity index (χ1v) is 7.51. The van der Waals surface area contributed by atoms with Crippen LogP contribution in [0.2, 0.25) is 0 Å². The summed E-state index contributed by atoms with van der Waals surface area (Å²) in [4.78, 5) is 16.4. The molecule has 0 radical (unpaired) electrons. The van der Waals surface area contributed by atoms with E-state index in [4.69, 9.17) is 0 Å². The number of Topliss-reactive ketones (excluding diaryl/α,β-unsaturated/α-hetero) is 1. The maximum absolute atomic E-state index is 12.0. The monoisotopic (exact) mass is 261 g/mol. The molecule has 0 amide bonds. The lowest BCUT2D eigenvalue weighted by Gasteiger charge is -1.98. The van der Waals surface area contributed by atoms with E-state index < -0.39 is 0 Å². The summed E-state index contributed by atoms with van der Waals surface area (Å²) in [7, 11) is 0. The van der Waals surface area contributed by atoms with Crippen LogP contribution in [0, 0.1) is 0 Å². The summed E-state index contributed by atoms with van der Waals surface area (Å²) in [6.07, 6.45) is 6.55. The molecule has 0 fully saturated rings. The number of ketones is 1. The predicted molar refractivity (Wildman–Crippen MR) is 77.3 cm³/mol. The number of nitrogens with zero attached hydrogens (tertiary/aromatic N) is 1. The van der Waals surface area contributed by atoms with E-state index >= 15 is 0 Å². The Bertz CT molecular complexity index is 485. The van der Waals surface area contributed by atoms with E-state index in [9.17, 15) is 4.79 Å². The van der Waals surface area contributed by atoms with Gasteiger partial charge in [-0.15, -0.1) is 11.3 Å². The van der Waals surface area contributed by atoms with Crippen LogP contribution in [0.5, 0.6) is 0 Å². The Morgan fingerprint density at radius 1 is 1.17 bits per heavy atom. The first-order valence-electron chi connectivity index (χ1n) is 6.70. The van der Waals surface area contributed by atoms with Gasteiger partial charge in [0.05, 0.1) is 10.2 Å². The molecule has 1 heterocycles. The van der Waals surface area contributed by atoms with Gasteiger partial charge in [0.1, 0.15) is 0 Å². The van der Waals surface area contributed by atoms with Crippen LogP contribution < -0.4 is 0 Å². The minimum atomic E-state index is 0.202. The van der Waals surface area contributed by atoms with Crippen LogP contribution in [0.4, 0.5) is 0 Å². The van der Waals surface area contributed by atoms with Gasteiger partial charge in [0.15, 0.2) is 10.8 Å². The summed E-state index contributed by atoms with van der Waals surface area (Å²) >= 11 is 1.51. The predicted octanol–water partition coefficient (Wildman–Crippen LogP) is 4.84. The van der Waals surface area contributed by atoms with Crippen LogP contribution in [0.15, 0.2) is 24.3 Å². The van der Waals surface area contributed by atoms with Gasteiger partial charge in [0, 0.05) is 6.42 Å². The third kappa shape index (κ3) is 3.39. The Morgan fingerprint density at radius 2 is 1.94 bits per heavy atom. The third-order valence-electron chi connectivity index (χ3n) is 3.04. The molecule has 2 nitrogen and oxygen atoms in total. The second-order valence-corrected chi connectivity index (χ2v) is 5.60. The second kappa shape index (κ2) is 6.64. The van der Waals surface area contributed by atoms with Gasteiger partial charge in [-0.25, -0.2) is 4.98 Å². The molecule has 1 aromatic heterocycles. The first kappa shape index (κ1) is 13.2. The van der Waals surface area contributed by atoms with Crippen LogP contribution in [0.3, 0.4) is 0 Å². The van der Waals surface area contributed by atoms with Crippen LogP contribution in [0.1, 0.15) is 55.3 Å². The zero-order valence-corrected chi connectivity index (χ0v) is 11.6. The average Bonchev–Trinajstić information content (AvgIpc) is 2.82. The number of carbonyl (C=O) groups is 1. The van der Waals surface area contributed by atoms with Crippen molar-refractivity contribution in [2.45, 2.75) is 45.4 Å². The lowest BCUT2D eigenvalue weighted by atomic mass is 10.1. The summed E-state index contributed by atoms with van der Waals surface area (Å²) in [6.45, 7) is 2.20. The molecule has 0 spiro atoms. The molecule has 0 atom stereocenters. The van der Waals surface area contributed by atoms with Gasteiger partial charge in [-0.2, -0.15) is 0 Å². The highest BCUT2D eigenvalue weighted by molar-refractivity contribution is 7.20. The van der Waals surface area contributed by atoms with Crippen molar-refractivity contribution in [3.63, 3.8) is 0 Å². The largest absolute Gasteiger partial charge is 0.292 e. The first-order chi connectivity index (χ1) is 8.81. The van der Waals surface area contributed by atoms with Crippen molar-refractivity contribution in [2.75, 3.05) is 0 Å². The Kier molecular flexibility index (Phi) is 4.88. The molecule has 3 heteroatoms. The van der Waals surface area contributed by atoms with Crippen LogP contribution >= 0.6 is 11.3 Å². The van der Waals surface area contributed by atoms with E-state index in [-0.39, 0.29) is 5.78 Å². The molecule has 2 aromatic rings. The van der Waals surface area contributed by atoms with Gasteiger partial charge < -0.3 is 0 Å². The zero-order valence-electron chi connectivity index (χ0n) is 10.8. The smallest absolute Gasteiger partial charge is 0.191 e. The Hall–Kier alpha value is -1.22. The number of aromatic nitrogens is 1. The minimum absolute atomic E-state index is 0.202. The Labute approximate surface area is 112 Å². The Morgan fingerprint density at radius 3 is 2.72 bits per heavy atom. The van der Waals surface area contributed by atoms with E-state index in [1.54, 1.807) is 0 Å². The lowest BCUT2D eigenvalue weighted by Crippen LogP contribution is -1.97. The molecular formula is C15H19NOS. The van der Waals surface area contributed by atoms with Gasteiger partial charge in [0.25, 0.3) is 0 Å². The van der Waals surface area contributed by atoms with Crippen LogP contribution in [0.25, 0.3) is 10.2 Å². The highest BCUT2D eigenvalue weighted by Gasteiger charge is 2.11. The molecule has 0 aliphatic rings. The molecule has 96 valence electrons. The number of para-hydroxylation sites is 1. The van der Waals surface area contributed by atoms with E-state index in [0.717, 1.165) is 23.1 Å². The van der Waals surface area contributed by atoms with Crippen LogP contribution in [-0.2, 0) is 0 Å². The minimum Gasteiger partial charge on any atom is -0.292 e.